The van der Waals surface area contributed by atoms with E-state index in [9.17, 15) is 0 Å². The Labute approximate surface area is 89.6 Å². The Morgan fingerprint density at radius 2 is 2.13 bits per heavy atom. The lowest BCUT2D eigenvalue weighted by Crippen LogP contribution is -2.01. The van der Waals surface area contributed by atoms with Crippen LogP contribution in [0.1, 0.15) is 12.8 Å². The number of nitrogens with two attached hydrogens (primary N) is 1. The standard InChI is InChI=1S/C11H17NO3/c1-14-9-4-5-11(10(12)8-9)15-7-3-2-6-13/h4-5,8,13H,2-3,6-7,12H2,1H3. The second kappa shape index (κ2) is 6.14. The number of aliphatic hydroxyl groups is 1. The zero-order chi connectivity index (χ0) is 11.1. The van der Waals surface area contributed by atoms with Crippen LogP contribution in [0.2, 0.25) is 0 Å². The molecule has 0 aromatic heterocycles. The van der Waals surface area contributed by atoms with Gasteiger partial charge in [-0.15, -0.1) is 0 Å². The molecule has 0 heterocycles. The van der Waals surface area contributed by atoms with Gasteiger partial charge in [0.2, 0.25) is 0 Å². The van der Waals surface area contributed by atoms with Gasteiger partial charge >= 0.3 is 0 Å². The lowest BCUT2D eigenvalue weighted by atomic mass is 10.3. The number of unbranched alkanes of at least 4 members (excludes halogenated alkanes) is 1. The molecule has 3 N–H and O–H groups in total. The van der Waals surface area contributed by atoms with Crippen molar-refractivity contribution in [2.75, 3.05) is 26.1 Å². The molecule has 0 radical (unpaired) electrons. The number of hydrogen-bond acceptors (Lipinski definition) is 4. The van der Waals surface area contributed by atoms with Gasteiger partial charge in [0, 0.05) is 12.7 Å². The summed E-state index contributed by atoms with van der Waals surface area (Å²) < 4.78 is 10.5. The number of nitrogen functional groups attached to an aromatic ring is 1. The van der Waals surface area contributed by atoms with Crippen molar-refractivity contribution >= 4 is 5.69 Å². The van der Waals surface area contributed by atoms with E-state index in [1.807, 2.05) is 0 Å². The minimum absolute atomic E-state index is 0.196. The number of rotatable bonds is 6. The van der Waals surface area contributed by atoms with E-state index in [-0.39, 0.29) is 6.61 Å². The highest BCUT2D eigenvalue weighted by Crippen LogP contribution is 2.26. The molecule has 0 saturated carbocycles. The van der Waals surface area contributed by atoms with E-state index < -0.39 is 0 Å². The molecule has 0 atom stereocenters. The molecule has 15 heavy (non-hydrogen) atoms. The van der Waals surface area contributed by atoms with Crippen LogP contribution in [0.4, 0.5) is 5.69 Å². The van der Waals surface area contributed by atoms with Crippen LogP contribution < -0.4 is 15.2 Å². The molecular formula is C11H17NO3. The van der Waals surface area contributed by atoms with E-state index in [0.717, 1.165) is 18.6 Å². The molecule has 0 fully saturated rings. The van der Waals surface area contributed by atoms with Crippen molar-refractivity contribution in [3.8, 4) is 11.5 Å². The minimum atomic E-state index is 0.196. The number of methoxy groups -OCH3 is 1. The van der Waals surface area contributed by atoms with Crippen LogP contribution in [0.15, 0.2) is 18.2 Å². The molecular weight excluding hydrogens is 194 g/mol. The molecule has 0 unspecified atom stereocenters. The average molecular weight is 211 g/mol. The Hall–Kier alpha value is -1.42. The predicted octanol–water partition coefficient (Wildman–Crippen LogP) is 1.43. The Kier molecular flexibility index (Phi) is 4.77. The van der Waals surface area contributed by atoms with Gasteiger partial charge in [-0.2, -0.15) is 0 Å². The van der Waals surface area contributed by atoms with Crippen LogP contribution in [0.3, 0.4) is 0 Å². The fraction of sp³-hybridized carbons (Fsp3) is 0.455. The molecule has 0 bridgehead atoms. The van der Waals surface area contributed by atoms with E-state index in [2.05, 4.69) is 0 Å². The van der Waals surface area contributed by atoms with Crippen molar-refractivity contribution in [3.63, 3.8) is 0 Å². The monoisotopic (exact) mass is 211 g/mol. The maximum Gasteiger partial charge on any atom is 0.142 e. The summed E-state index contributed by atoms with van der Waals surface area (Å²) in [4.78, 5) is 0. The van der Waals surface area contributed by atoms with Gasteiger partial charge in [-0.05, 0) is 25.0 Å². The SMILES string of the molecule is COc1ccc(OCCCCO)c(N)c1. The van der Waals surface area contributed by atoms with Crippen LogP contribution >= 0.6 is 0 Å². The third-order valence-corrected chi connectivity index (χ3v) is 2.03. The molecule has 0 amide bonds. The largest absolute Gasteiger partial charge is 0.497 e. The molecule has 0 aliphatic rings. The van der Waals surface area contributed by atoms with Crippen LogP contribution in [0.5, 0.6) is 11.5 Å². The van der Waals surface area contributed by atoms with Gasteiger partial charge in [-0.1, -0.05) is 0 Å². The van der Waals surface area contributed by atoms with Crippen molar-refractivity contribution in [1.82, 2.24) is 0 Å². The summed E-state index contributed by atoms with van der Waals surface area (Å²) in [6, 6.07) is 5.31. The molecule has 1 aromatic carbocycles. The van der Waals surface area contributed by atoms with E-state index >= 15 is 0 Å². The van der Waals surface area contributed by atoms with Crippen LogP contribution in [0, 0.1) is 0 Å². The zero-order valence-electron chi connectivity index (χ0n) is 8.90. The highest BCUT2D eigenvalue weighted by atomic mass is 16.5. The number of hydrogen-bond donors (Lipinski definition) is 2. The number of benzene rings is 1. The smallest absolute Gasteiger partial charge is 0.142 e. The first kappa shape index (κ1) is 11.7. The summed E-state index contributed by atoms with van der Waals surface area (Å²) in [5.74, 6) is 1.38. The van der Waals surface area contributed by atoms with Crippen LogP contribution in [0.25, 0.3) is 0 Å². The second-order valence-corrected chi connectivity index (χ2v) is 3.18. The lowest BCUT2D eigenvalue weighted by Gasteiger charge is -2.09. The molecule has 0 saturated heterocycles. The normalized spacial score (nSPS) is 10.0. The Morgan fingerprint density at radius 3 is 2.73 bits per heavy atom. The van der Waals surface area contributed by atoms with E-state index in [0.29, 0.717) is 18.0 Å². The number of aliphatic hydroxyl groups excluding tert-OH is 1. The average Bonchev–Trinajstić information content (AvgIpc) is 2.26. The first-order valence-electron chi connectivity index (χ1n) is 4.95. The van der Waals surface area contributed by atoms with E-state index in [4.69, 9.17) is 20.3 Å². The molecule has 4 heteroatoms. The first-order valence-corrected chi connectivity index (χ1v) is 4.95. The van der Waals surface area contributed by atoms with Crippen molar-refractivity contribution in [2.45, 2.75) is 12.8 Å². The molecule has 0 spiro atoms. The fourth-order valence-electron chi connectivity index (χ4n) is 1.18. The highest BCUT2D eigenvalue weighted by molar-refractivity contribution is 5.56. The Morgan fingerprint density at radius 1 is 1.33 bits per heavy atom. The van der Waals surface area contributed by atoms with Gasteiger partial charge in [0.05, 0.1) is 19.4 Å². The maximum atomic E-state index is 8.59. The zero-order valence-corrected chi connectivity index (χ0v) is 8.90. The predicted molar refractivity (Wildman–Crippen MR) is 59.2 cm³/mol. The summed E-state index contributed by atoms with van der Waals surface area (Å²) in [6.07, 6.45) is 1.57. The fourth-order valence-corrected chi connectivity index (χ4v) is 1.18. The molecule has 0 aliphatic carbocycles. The molecule has 1 aromatic rings. The van der Waals surface area contributed by atoms with Crippen molar-refractivity contribution in [1.29, 1.82) is 0 Å². The van der Waals surface area contributed by atoms with Gasteiger partial charge in [0.25, 0.3) is 0 Å². The summed E-state index contributed by atoms with van der Waals surface area (Å²) in [7, 11) is 1.59. The minimum Gasteiger partial charge on any atom is -0.497 e. The van der Waals surface area contributed by atoms with Crippen molar-refractivity contribution in [2.24, 2.45) is 0 Å². The lowest BCUT2D eigenvalue weighted by molar-refractivity contribution is 0.253. The first-order chi connectivity index (χ1) is 7.27. The molecule has 0 aliphatic heterocycles. The van der Waals surface area contributed by atoms with E-state index in [1.54, 1.807) is 25.3 Å². The van der Waals surface area contributed by atoms with Gasteiger partial charge in [-0.3, -0.25) is 0 Å². The maximum absolute atomic E-state index is 8.59. The van der Waals surface area contributed by atoms with Gasteiger partial charge in [-0.25, -0.2) is 0 Å². The molecule has 84 valence electrons. The number of ether oxygens (including phenoxy) is 2. The second-order valence-electron chi connectivity index (χ2n) is 3.18. The van der Waals surface area contributed by atoms with Crippen LogP contribution in [-0.2, 0) is 0 Å². The highest BCUT2D eigenvalue weighted by Gasteiger charge is 2.01. The third kappa shape index (κ3) is 3.67. The van der Waals surface area contributed by atoms with E-state index in [1.165, 1.54) is 0 Å². The quantitative estimate of drug-likeness (QED) is 0.552. The summed E-state index contributed by atoms with van der Waals surface area (Å²) in [6.45, 7) is 0.762. The summed E-state index contributed by atoms with van der Waals surface area (Å²) >= 11 is 0. The third-order valence-electron chi connectivity index (χ3n) is 2.03. The van der Waals surface area contributed by atoms with Gasteiger partial charge < -0.3 is 20.3 Å². The summed E-state index contributed by atoms with van der Waals surface area (Å²) in [5, 5.41) is 8.59. The Bertz CT molecular complexity index is 302. The molecule has 1 rings (SSSR count). The van der Waals surface area contributed by atoms with Gasteiger partial charge in [0.15, 0.2) is 0 Å². The molecule has 4 nitrogen and oxygen atoms in total. The van der Waals surface area contributed by atoms with Crippen LogP contribution in [-0.4, -0.2) is 25.4 Å². The summed E-state index contributed by atoms with van der Waals surface area (Å²) in [5.41, 5.74) is 6.33. The van der Waals surface area contributed by atoms with Gasteiger partial charge in [0.1, 0.15) is 11.5 Å². The van der Waals surface area contributed by atoms with Crippen molar-refractivity contribution in [3.05, 3.63) is 18.2 Å². The van der Waals surface area contributed by atoms with Crippen molar-refractivity contribution < 1.29 is 14.6 Å². The topological polar surface area (TPSA) is 64.7 Å². The Balaban J connectivity index is 2.47. The number of anilines is 1.